The third-order valence-electron chi connectivity index (χ3n) is 4.28. The number of nitrogens with zero attached hydrogens (tertiary/aromatic N) is 3. The highest BCUT2D eigenvalue weighted by atomic mass is 16.6. The molecule has 0 spiro atoms. The SMILES string of the molecule is COCCCCN1CCN(C(=O)OC(C)(C)C)C[C@H]1c1ccncc1. The van der Waals surface area contributed by atoms with Crippen LogP contribution in [0.25, 0.3) is 0 Å². The van der Waals surface area contributed by atoms with Crippen LogP contribution < -0.4 is 0 Å². The molecule has 1 aliphatic heterocycles. The minimum absolute atomic E-state index is 0.173. The van der Waals surface area contributed by atoms with Gasteiger partial charge in [0.1, 0.15) is 5.60 Å². The number of ether oxygens (including phenoxy) is 2. The number of piperazine rings is 1. The molecule has 6 heteroatoms. The van der Waals surface area contributed by atoms with E-state index in [-0.39, 0.29) is 12.1 Å². The van der Waals surface area contributed by atoms with Gasteiger partial charge in [0.25, 0.3) is 0 Å². The van der Waals surface area contributed by atoms with E-state index in [1.807, 2.05) is 50.2 Å². The number of hydrogen-bond acceptors (Lipinski definition) is 5. The molecule has 0 radical (unpaired) electrons. The Kier molecular flexibility index (Phi) is 7.20. The largest absolute Gasteiger partial charge is 0.444 e. The number of methoxy groups -OCH3 is 1. The van der Waals surface area contributed by atoms with Crippen LogP contribution in [0.15, 0.2) is 24.5 Å². The second kappa shape index (κ2) is 9.15. The number of rotatable bonds is 6. The fourth-order valence-corrected chi connectivity index (χ4v) is 3.04. The van der Waals surface area contributed by atoms with Gasteiger partial charge < -0.3 is 14.4 Å². The van der Waals surface area contributed by atoms with Crippen molar-refractivity contribution in [2.45, 2.75) is 45.3 Å². The van der Waals surface area contributed by atoms with Crippen molar-refractivity contribution in [2.75, 3.05) is 39.9 Å². The molecule has 0 aliphatic carbocycles. The number of carbonyl (C=O) groups is 1. The van der Waals surface area contributed by atoms with Gasteiger partial charge in [-0.1, -0.05) is 0 Å². The minimum Gasteiger partial charge on any atom is -0.444 e. The molecule has 0 aromatic carbocycles. The monoisotopic (exact) mass is 349 g/mol. The Morgan fingerprint density at radius 2 is 1.96 bits per heavy atom. The lowest BCUT2D eigenvalue weighted by atomic mass is 10.0. The van der Waals surface area contributed by atoms with Crippen LogP contribution in [-0.2, 0) is 9.47 Å². The van der Waals surface area contributed by atoms with Crippen molar-refractivity contribution < 1.29 is 14.3 Å². The molecule has 0 unspecified atom stereocenters. The van der Waals surface area contributed by atoms with Crippen LogP contribution in [0.5, 0.6) is 0 Å². The predicted molar refractivity (Wildman–Crippen MR) is 97.5 cm³/mol. The van der Waals surface area contributed by atoms with Gasteiger partial charge in [0.15, 0.2) is 0 Å². The zero-order valence-corrected chi connectivity index (χ0v) is 15.9. The van der Waals surface area contributed by atoms with E-state index in [1.165, 1.54) is 5.56 Å². The predicted octanol–water partition coefficient (Wildman–Crippen LogP) is 3.10. The molecule has 140 valence electrons. The van der Waals surface area contributed by atoms with E-state index in [0.717, 1.165) is 32.5 Å². The van der Waals surface area contributed by atoms with Crippen LogP contribution in [0.4, 0.5) is 4.79 Å². The highest BCUT2D eigenvalue weighted by Gasteiger charge is 2.32. The zero-order valence-electron chi connectivity index (χ0n) is 15.9. The molecular weight excluding hydrogens is 318 g/mol. The summed E-state index contributed by atoms with van der Waals surface area (Å²) < 4.78 is 10.7. The lowest BCUT2D eigenvalue weighted by Crippen LogP contribution is -2.51. The molecule has 2 heterocycles. The van der Waals surface area contributed by atoms with Gasteiger partial charge in [-0.2, -0.15) is 0 Å². The molecule has 0 N–H and O–H groups in total. The quantitative estimate of drug-likeness (QED) is 0.739. The van der Waals surface area contributed by atoms with E-state index in [0.29, 0.717) is 13.1 Å². The molecule has 25 heavy (non-hydrogen) atoms. The van der Waals surface area contributed by atoms with E-state index < -0.39 is 5.60 Å². The smallest absolute Gasteiger partial charge is 0.410 e. The van der Waals surface area contributed by atoms with E-state index in [4.69, 9.17) is 9.47 Å². The number of pyridine rings is 1. The molecule has 2 rings (SSSR count). The maximum Gasteiger partial charge on any atom is 0.410 e. The summed E-state index contributed by atoms with van der Waals surface area (Å²) in [5, 5.41) is 0. The van der Waals surface area contributed by atoms with Crippen molar-refractivity contribution >= 4 is 6.09 Å². The first kappa shape index (κ1) is 19.7. The third-order valence-corrected chi connectivity index (χ3v) is 4.28. The molecule has 0 bridgehead atoms. The Bertz CT molecular complexity index is 530. The van der Waals surface area contributed by atoms with Crippen molar-refractivity contribution in [3.8, 4) is 0 Å². The summed E-state index contributed by atoms with van der Waals surface area (Å²) in [6.45, 7) is 9.67. The summed E-state index contributed by atoms with van der Waals surface area (Å²) in [4.78, 5) is 20.8. The second-order valence-electron chi connectivity index (χ2n) is 7.46. The van der Waals surface area contributed by atoms with E-state index in [2.05, 4.69) is 9.88 Å². The average Bonchev–Trinajstić information content (AvgIpc) is 2.58. The van der Waals surface area contributed by atoms with Gasteiger partial charge in [-0.25, -0.2) is 4.79 Å². The maximum atomic E-state index is 12.5. The van der Waals surface area contributed by atoms with Crippen LogP contribution in [0.3, 0.4) is 0 Å². The zero-order chi connectivity index (χ0) is 18.3. The summed E-state index contributed by atoms with van der Waals surface area (Å²) in [7, 11) is 1.74. The lowest BCUT2D eigenvalue weighted by molar-refractivity contribution is 0.00299. The average molecular weight is 349 g/mol. The first-order valence-corrected chi connectivity index (χ1v) is 9.01. The number of hydrogen-bond donors (Lipinski definition) is 0. The van der Waals surface area contributed by atoms with Gasteiger partial charge in [0.2, 0.25) is 0 Å². The van der Waals surface area contributed by atoms with Crippen molar-refractivity contribution in [1.29, 1.82) is 0 Å². The molecule has 1 amide bonds. The van der Waals surface area contributed by atoms with Crippen LogP contribution in [0.1, 0.15) is 45.2 Å². The Hall–Kier alpha value is -1.66. The first-order valence-electron chi connectivity index (χ1n) is 9.01. The fourth-order valence-electron chi connectivity index (χ4n) is 3.04. The van der Waals surface area contributed by atoms with Crippen LogP contribution >= 0.6 is 0 Å². The molecule has 1 fully saturated rings. The molecule has 0 saturated carbocycles. The van der Waals surface area contributed by atoms with Gasteiger partial charge in [-0.3, -0.25) is 9.88 Å². The molecule has 6 nitrogen and oxygen atoms in total. The Morgan fingerprint density at radius 3 is 2.60 bits per heavy atom. The summed E-state index contributed by atoms with van der Waals surface area (Å²) >= 11 is 0. The molecular formula is C19H31N3O3. The van der Waals surface area contributed by atoms with Gasteiger partial charge in [-0.05, 0) is 57.9 Å². The lowest BCUT2D eigenvalue weighted by Gasteiger charge is -2.42. The standard InChI is InChI=1S/C19H31N3O3/c1-19(2,3)25-18(23)22-13-12-21(11-5-6-14-24-4)17(15-22)16-7-9-20-10-8-16/h7-10,17H,5-6,11-15H2,1-4H3/t17-/m0/s1. The summed E-state index contributed by atoms with van der Waals surface area (Å²) in [6, 6.07) is 4.24. The van der Waals surface area contributed by atoms with Gasteiger partial charge in [-0.15, -0.1) is 0 Å². The van der Waals surface area contributed by atoms with Gasteiger partial charge >= 0.3 is 6.09 Å². The Balaban J connectivity index is 2.04. The van der Waals surface area contributed by atoms with E-state index >= 15 is 0 Å². The molecule has 1 aromatic rings. The number of carbonyl (C=O) groups excluding carboxylic acids is 1. The summed E-state index contributed by atoms with van der Waals surface area (Å²) in [6.07, 6.45) is 5.52. The second-order valence-corrected chi connectivity index (χ2v) is 7.46. The van der Waals surface area contributed by atoms with Crippen LogP contribution in [-0.4, -0.2) is 66.4 Å². The number of unbranched alkanes of at least 4 members (excludes halogenated alkanes) is 1. The number of aromatic nitrogens is 1. The van der Waals surface area contributed by atoms with Gasteiger partial charge in [0.05, 0.1) is 6.04 Å². The van der Waals surface area contributed by atoms with Crippen molar-refractivity contribution in [1.82, 2.24) is 14.8 Å². The third kappa shape index (κ3) is 6.29. The van der Waals surface area contributed by atoms with E-state index in [1.54, 1.807) is 7.11 Å². The van der Waals surface area contributed by atoms with Gasteiger partial charge in [0, 0.05) is 45.7 Å². The van der Waals surface area contributed by atoms with Crippen LogP contribution in [0.2, 0.25) is 0 Å². The van der Waals surface area contributed by atoms with Crippen molar-refractivity contribution in [2.24, 2.45) is 0 Å². The maximum absolute atomic E-state index is 12.5. The van der Waals surface area contributed by atoms with E-state index in [9.17, 15) is 4.79 Å². The molecule has 1 aliphatic rings. The molecule has 1 atom stereocenters. The highest BCUT2D eigenvalue weighted by Crippen LogP contribution is 2.26. The summed E-state index contributed by atoms with van der Waals surface area (Å²) in [5.74, 6) is 0. The van der Waals surface area contributed by atoms with Crippen LogP contribution in [0, 0.1) is 0 Å². The fraction of sp³-hybridized carbons (Fsp3) is 0.684. The minimum atomic E-state index is -0.472. The number of amides is 1. The topological polar surface area (TPSA) is 54.9 Å². The molecule has 1 aromatic heterocycles. The van der Waals surface area contributed by atoms with Crippen molar-refractivity contribution in [3.05, 3.63) is 30.1 Å². The Morgan fingerprint density at radius 1 is 1.24 bits per heavy atom. The first-order chi connectivity index (χ1) is 11.9. The Labute approximate surface area is 151 Å². The highest BCUT2D eigenvalue weighted by molar-refractivity contribution is 5.68. The normalized spacial score (nSPS) is 19.0. The molecule has 1 saturated heterocycles. The summed E-state index contributed by atoms with van der Waals surface area (Å²) in [5.41, 5.74) is 0.718. The van der Waals surface area contributed by atoms with Crippen molar-refractivity contribution in [3.63, 3.8) is 0 Å².